The summed E-state index contributed by atoms with van der Waals surface area (Å²) in [6.45, 7) is 0.322. The SMILES string of the molecule is O=C(OCc1ccccc1)N(Cc1ccc(Cl)c(Cl)c1)c1ccc2c(=O)[nH]cnc2c1. The largest absolute Gasteiger partial charge is 0.444 e. The molecule has 8 heteroatoms. The van der Waals surface area contributed by atoms with Gasteiger partial charge in [-0.15, -0.1) is 0 Å². The number of aromatic nitrogens is 2. The molecule has 3 aromatic carbocycles. The summed E-state index contributed by atoms with van der Waals surface area (Å²) in [7, 11) is 0. The number of hydrogen-bond donors (Lipinski definition) is 1. The zero-order valence-electron chi connectivity index (χ0n) is 16.2. The van der Waals surface area contributed by atoms with E-state index in [2.05, 4.69) is 9.97 Å². The van der Waals surface area contributed by atoms with Crippen molar-refractivity contribution < 1.29 is 9.53 Å². The number of aromatic amines is 1. The van der Waals surface area contributed by atoms with Gasteiger partial charge in [0.25, 0.3) is 5.56 Å². The van der Waals surface area contributed by atoms with E-state index in [0.717, 1.165) is 11.1 Å². The number of benzene rings is 3. The second-order valence-electron chi connectivity index (χ2n) is 6.81. The molecule has 6 nitrogen and oxygen atoms in total. The zero-order valence-corrected chi connectivity index (χ0v) is 17.7. The molecule has 0 radical (unpaired) electrons. The molecule has 0 fully saturated rings. The number of carbonyl (C=O) groups is 1. The van der Waals surface area contributed by atoms with Gasteiger partial charge in [0.15, 0.2) is 0 Å². The highest BCUT2D eigenvalue weighted by Gasteiger charge is 2.19. The first-order chi connectivity index (χ1) is 15.0. The predicted molar refractivity (Wildman–Crippen MR) is 122 cm³/mol. The van der Waals surface area contributed by atoms with Crippen LogP contribution in [0.3, 0.4) is 0 Å². The molecule has 156 valence electrons. The first-order valence-electron chi connectivity index (χ1n) is 9.41. The van der Waals surface area contributed by atoms with Crippen LogP contribution in [-0.2, 0) is 17.9 Å². The van der Waals surface area contributed by atoms with Crippen LogP contribution in [0.1, 0.15) is 11.1 Å². The van der Waals surface area contributed by atoms with E-state index in [1.165, 1.54) is 11.2 Å². The second kappa shape index (κ2) is 9.20. The van der Waals surface area contributed by atoms with Crippen molar-refractivity contribution in [2.45, 2.75) is 13.2 Å². The summed E-state index contributed by atoms with van der Waals surface area (Å²) in [5, 5.41) is 1.25. The molecule has 1 aromatic heterocycles. The average Bonchev–Trinajstić information content (AvgIpc) is 2.79. The van der Waals surface area contributed by atoms with Crippen LogP contribution in [0, 0.1) is 0 Å². The average molecular weight is 454 g/mol. The third-order valence-electron chi connectivity index (χ3n) is 4.69. The van der Waals surface area contributed by atoms with Gasteiger partial charge in [-0.2, -0.15) is 0 Å². The van der Waals surface area contributed by atoms with Crippen molar-refractivity contribution in [3.8, 4) is 0 Å². The molecular formula is C23H17Cl2N3O3. The molecule has 31 heavy (non-hydrogen) atoms. The number of carbonyl (C=O) groups excluding carboxylic acids is 1. The van der Waals surface area contributed by atoms with Gasteiger partial charge in [0.1, 0.15) is 6.61 Å². The van der Waals surface area contributed by atoms with E-state index < -0.39 is 6.09 Å². The standard InChI is InChI=1S/C23H17Cl2N3O3/c24-19-9-6-16(10-20(19)25)12-28(23(30)31-13-15-4-2-1-3-5-15)17-7-8-18-21(11-17)26-14-27-22(18)29/h1-11,14H,12-13H2,(H,26,27,29). The van der Waals surface area contributed by atoms with Crippen LogP contribution in [0.2, 0.25) is 10.0 Å². The topological polar surface area (TPSA) is 75.3 Å². The number of hydrogen-bond acceptors (Lipinski definition) is 4. The Morgan fingerprint density at radius 1 is 0.968 bits per heavy atom. The molecule has 4 rings (SSSR count). The second-order valence-corrected chi connectivity index (χ2v) is 7.62. The van der Waals surface area contributed by atoms with Gasteiger partial charge in [-0.1, -0.05) is 59.6 Å². The highest BCUT2D eigenvalue weighted by atomic mass is 35.5. The Morgan fingerprint density at radius 2 is 1.77 bits per heavy atom. The van der Waals surface area contributed by atoms with Crippen LogP contribution in [0.4, 0.5) is 10.5 Å². The summed E-state index contributed by atoms with van der Waals surface area (Å²) in [5.74, 6) is 0. The van der Waals surface area contributed by atoms with E-state index in [1.807, 2.05) is 30.3 Å². The molecular weight excluding hydrogens is 437 g/mol. The molecule has 0 bridgehead atoms. The van der Waals surface area contributed by atoms with Crippen LogP contribution in [0.5, 0.6) is 0 Å². The van der Waals surface area contributed by atoms with Gasteiger partial charge in [0.05, 0.1) is 33.8 Å². The van der Waals surface area contributed by atoms with Gasteiger partial charge >= 0.3 is 6.09 Å². The maximum atomic E-state index is 13.0. The normalized spacial score (nSPS) is 10.8. The van der Waals surface area contributed by atoms with Gasteiger partial charge in [-0.05, 0) is 41.5 Å². The molecule has 0 aliphatic carbocycles. The Hall–Kier alpha value is -3.35. The lowest BCUT2D eigenvalue weighted by atomic mass is 10.1. The fourth-order valence-corrected chi connectivity index (χ4v) is 3.42. The van der Waals surface area contributed by atoms with E-state index in [0.29, 0.717) is 26.6 Å². The van der Waals surface area contributed by atoms with Crippen LogP contribution in [-0.4, -0.2) is 16.1 Å². The number of nitrogens with zero attached hydrogens (tertiary/aromatic N) is 2. The maximum Gasteiger partial charge on any atom is 0.414 e. The third-order valence-corrected chi connectivity index (χ3v) is 5.43. The summed E-state index contributed by atoms with van der Waals surface area (Å²) >= 11 is 12.2. The van der Waals surface area contributed by atoms with Crippen LogP contribution < -0.4 is 10.5 Å². The lowest BCUT2D eigenvalue weighted by Gasteiger charge is -2.23. The number of ether oxygens (including phenoxy) is 1. The molecule has 4 aromatic rings. The fourth-order valence-electron chi connectivity index (χ4n) is 3.10. The van der Waals surface area contributed by atoms with Gasteiger partial charge in [-0.3, -0.25) is 9.69 Å². The van der Waals surface area contributed by atoms with Crippen molar-refractivity contribution >= 4 is 45.9 Å². The monoisotopic (exact) mass is 453 g/mol. The van der Waals surface area contributed by atoms with Crippen molar-refractivity contribution in [1.82, 2.24) is 9.97 Å². The number of amides is 1. The van der Waals surface area contributed by atoms with Crippen molar-refractivity contribution in [2.24, 2.45) is 0 Å². The summed E-state index contributed by atoms with van der Waals surface area (Å²) in [6.07, 6.45) is 0.782. The number of halogens is 2. The molecule has 1 amide bonds. The van der Waals surface area contributed by atoms with Crippen molar-refractivity contribution in [2.75, 3.05) is 4.90 Å². The molecule has 1 N–H and O–H groups in total. The number of fused-ring (bicyclic) bond motifs is 1. The van der Waals surface area contributed by atoms with E-state index in [-0.39, 0.29) is 18.7 Å². The molecule has 0 aliphatic rings. The zero-order chi connectivity index (χ0) is 21.8. The molecule has 1 heterocycles. The predicted octanol–water partition coefficient (Wildman–Crippen LogP) is 5.57. The Morgan fingerprint density at radius 3 is 2.55 bits per heavy atom. The van der Waals surface area contributed by atoms with Crippen LogP contribution in [0.15, 0.2) is 77.9 Å². The van der Waals surface area contributed by atoms with E-state index >= 15 is 0 Å². The van der Waals surface area contributed by atoms with Crippen LogP contribution >= 0.6 is 23.2 Å². The first-order valence-corrected chi connectivity index (χ1v) is 10.2. The first kappa shape index (κ1) is 20.9. The van der Waals surface area contributed by atoms with Gasteiger partial charge < -0.3 is 9.72 Å². The fraction of sp³-hybridized carbons (Fsp3) is 0.0870. The Labute approximate surface area is 188 Å². The van der Waals surface area contributed by atoms with Gasteiger partial charge in [0.2, 0.25) is 0 Å². The minimum atomic E-state index is -0.542. The number of H-pyrrole nitrogens is 1. The molecule has 0 aliphatic heterocycles. The Balaban J connectivity index is 1.66. The highest BCUT2D eigenvalue weighted by Crippen LogP contribution is 2.26. The van der Waals surface area contributed by atoms with Crippen LogP contribution in [0.25, 0.3) is 10.9 Å². The number of rotatable bonds is 5. The lowest BCUT2D eigenvalue weighted by molar-refractivity contribution is 0.146. The van der Waals surface area contributed by atoms with Gasteiger partial charge in [-0.25, -0.2) is 9.78 Å². The molecule has 0 saturated heterocycles. The highest BCUT2D eigenvalue weighted by molar-refractivity contribution is 6.42. The van der Waals surface area contributed by atoms with Crippen molar-refractivity contribution in [1.29, 1.82) is 0 Å². The summed E-state index contributed by atoms with van der Waals surface area (Å²) < 4.78 is 5.55. The summed E-state index contributed by atoms with van der Waals surface area (Å²) in [5.41, 5.74) is 2.40. The van der Waals surface area contributed by atoms with E-state index in [4.69, 9.17) is 27.9 Å². The molecule has 0 unspecified atom stereocenters. The Bertz CT molecular complexity index is 1290. The molecule has 0 atom stereocenters. The minimum absolute atomic E-state index is 0.128. The third kappa shape index (κ3) is 4.87. The summed E-state index contributed by atoms with van der Waals surface area (Å²) in [6, 6.07) is 19.5. The molecule has 0 spiro atoms. The number of anilines is 1. The number of nitrogens with one attached hydrogen (secondary N) is 1. The molecule has 0 saturated carbocycles. The smallest absolute Gasteiger partial charge is 0.414 e. The van der Waals surface area contributed by atoms with Gasteiger partial charge in [0, 0.05) is 5.69 Å². The van der Waals surface area contributed by atoms with Crippen molar-refractivity contribution in [3.05, 3.63) is 105 Å². The van der Waals surface area contributed by atoms with E-state index in [1.54, 1.807) is 36.4 Å². The van der Waals surface area contributed by atoms with E-state index in [9.17, 15) is 9.59 Å². The van der Waals surface area contributed by atoms with Crippen molar-refractivity contribution in [3.63, 3.8) is 0 Å². The minimum Gasteiger partial charge on any atom is -0.444 e. The summed E-state index contributed by atoms with van der Waals surface area (Å²) in [4.78, 5) is 33.2. The quantitative estimate of drug-likeness (QED) is 0.428. The Kier molecular flexibility index (Phi) is 6.21. The maximum absolute atomic E-state index is 13.0. The lowest BCUT2D eigenvalue weighted by Crippen LogP contribution is -2.31.